The quantitative estimate of drug-likeness (QED) is 0.811. The topological polar surface area (TPSA) is 58.6 Å². The van der Waals surface area contributed by atoms with Gasteiger partial charge in [-0.25, -0.2) is 9.97 Å². The van der Waals surface area contributed by atoms with Gasteiger partial charge in [-0.3, -0.25) is 4.79 Å². The largest absolute Gasteiger partial charge is 0.416 e. The number of amides is 1. The molecule has 0 spiro atoms. The molecule has 0 aliphatic carbocycles. The van der Waals surface area contributed by atoms with E-state index in [0.29, 0.717) is 11.6 Å². The molecule has 0 unspecified atom stereocenters. The minimum atomic E-state index is -4.48. The summed E-state index contributed by atoms with van der Waals surface area (Å²) in [5.41, 5.74) is 0.721. The molecule has 3 heterocycles. The van der Waals surface area contributed by atoms with Crippen molar-refractivity contribution in [3.05, 3.63) is 17.5 Å². The number of hydrogen-bond acceptors (Lipinski definition) is 5. The van der Waals surface area contributed by atoms with Gasteiger partial charge in [0.05, 0.1) is 24.4 Å². The molecule has 3 rings (SSSR count). The summed E-state index contributed by atoms with van der Waals surface area (Å²) >= 11 is 0. The maximum atomic E-state index is 12.8. The lowest BCUT2D eigenvalue weighted by Gasteiger charge is -2.34. The minimum absolute atomic E-state index is 0.124. The normalized spacial score (nSPS) is 22.2. The van der Waals surface area contributed by atoms with Crippen LogP contribution in [-0.4, -0.2) is 65.8 Å². The van der Waals surface area contributed by atoms with Crippen molar-refractivity contribution < 1.29 is 22.7 Å². The predicted molar refractivity (Wildman–Crippen MR) is 84.5 cm³/mol. The summed E-state index contributed by atoms with van der Waals surface area (Å²) in [6.45, 7) is 2.92. The van der Waals surface area contributed by atoms with Crippen molar-refractivity contribution in [1.29, 1.82) is 0 Å². The van der Waals surface area contributed by atoms with Crippen molar-refractivity contribution in [3.8, 4) is 0 Å². The lowest BCUT2D eigenvalue weighted by atomic mass is 10.1. The van der Waals surface area contributed by atoms with E-state index in [-0.39, 0.29) is 18.7 Å². The SMILES string of the molecule is Cc1nc(N2CCCCC2)ncc1C(=O)N1CCO[C@H](C(F)(F)F)C1. The molecular formula is C16H21F3N4O2. The molecule has 1 atom stereocenters. The smallest absolute Gasteiger partial charge is 0.365 e. The number of alkyl halides is 3. The van der Waals surface area contributed by atoms with Gasteiger partial charge in [-0.15, -0.1) is 0 Å². The Morgan fingerprint density at radius 2 is 1.96 bits per heavy atom. The Hall–Kier alpha value is -1.90. The van der Waals surface area contributed by atoms with Crippen LogP contribution in [0.5, 0.6) is 0 Å². The molecule has 25 heavy (non-hydrogen) atoms. The summed E-state index contributed by atoms with van der Waals surface area (Å²) in [5.74, 6) is 0.0872. The summed E-state index contributed by atoms with van der Waals surface area (Å²) in [5, 5.41) is 0. The lowest BCUT2D eigenvalue weighted by Crippen LogP contribution is -2.51. The average Bonchev–Trinajstić information content (AvgIpc) is 2.61. The van der Waals surface area contributed by atoms with Crippen LogP contribution in [0.15, 0.2) is 6.20 Å². The fourth-order valence-corrected chi connectivity index (χ4v) is 3.11. The van der Waals surface area contributed by atoms with Gasteiger partial charge in [0.25, 0.3) is 5.91 Å². The van der Waals surface area contributed by atoms with E-state index < -0.39 is 24.7 Å². The lowest BCUT2D eigenvalue weighted by molar-refractivity contribution is -0.233. The standard InChI is InChI=1S/C16H21F3N4O2/c1-11-12(9-20-15(21-11)22-5-3-2-4-6-22)14(24)23-7-8-25-13(10-23)16(17,18)19/h9,13H,2-8,10H2,1H3/t13-/m0/s1. The molecule has 0 bridgehead atoms. The first kappa shape index (κ1) is 17.9. The van der Waals surface area contributed by atoms with Crippen LogP contribution in [0.2, 0.25) is 0 Å². The van der Waals surface area contributed by atoms with Crippen LogP contribution in [0.1, 0.15) is 35.3 Å². The third-order valence-corrected chi connectivity index (χ3v) is 4.55. The maximum Gasteiger partial charge on any atom is 0.416 e. The Balaban J connectivity index is 1.73. The van der Waals surface area contributed by atoms with Gasteiger partial charge in [-0.1, -0.05) is 0 Å². The number of hydrogen-bond donors (Lipinski definition) is 0. The van der Waals surface area contributed by atoms with Crippen LogP contribution >= 0.6 is 0 Å². The molecule has 0 aromatic carbocycles. The number of carbonyl (C=O) groups excluding carboxylic acids is 1. The molecule has 1 aromatic rings. The zero-order chi connectivity index (χ0) is 18.0. The molecule has 138 valence electrons. The third kappa shape index (κ3) is 4.02. The summed E-state index contributed by atoms with van der Waals surface area (Å²) in [6, 6.07) is 0. The molecule has 2 aliphatic rings. The van der Waals surface area contributed by atoms with Gasteiger partial charge < -0.3 is 14.5 Å². The molecule has 2 aliphatic heterocycles. The van der Waals surface area contributed by atoms with Gasteiger partial charge in [0.15, 0.2) is 6.10 Å². The van der Waals surface area contributed by atoms with Crippen LogP contribution in [0.25, 0.3) is 0 Å². The number of nitrogens with zero attached hydrogens (tertiary/aromatic N) is 4. The molecule has 1 amide bonds. The van der Waals surface area contributed by atoms with E-state index in [2.05, 4.69) is 14.9 Å². The fraction of sp³-hybridized carbons (Fsp3) is 0.688. The molecule has 0 radical (unpaired) electrons. The van der Waals surface area contributed by atoms with Crippen LogP contribution in [0, 0.1) is 6.92 Å². The molecule has 2 fully saturated rings. The van der Waals surface area contributed by atoms with E-state index in [9.17, 15) is 18.0 Å². The van der Waals surface area contributed by atoms with Gasteiger partial charge in [0, 0.05) is 25.8 Å². The van der Waals surface area contributed by atoms with E-state index in [1.54, 1.807) is 6.92 Å². The van der Waals surface area contributed by atoms with E-state index in [1.165, 1.54) is 12.6 Å². The average molecular weight is 358 g/mol. The van der Waals surface area contributed by atoms with E-state index in [1.807, 2.05) is 0 Å². The Morgan fingerprint density at radius 1 is 1.24 bits per heavy atom. The molecule has 0 N–H and O–H groups in total. The number of rotatable bonds is 2. The summed E-state index contributed by atoms with van der Waals surface area (Å²) in [6.07, 6.45) is -1.66. The van der Waals surface area contributed by atoms with Crippen LogP contribution in [0.3, 0.4) is 0 Å². The first-order valence-corrected chi connectivity index (χ1v) is 8.42. The third-order valence-electron chi connectivity index (χ3n) is 4.55. The first-order chi connectivity index (χ1) is 11.9. The Kier molecular flexibility index (Phi) is 5.12. The van der Waals surface area contributed by atoms with Crippen LogP contribution in [-0.2, 0) is 4.74 Å². The molecule has 1 aromatic heterocycles. The van der Waals surface area contributed by atoms with Crippen molar-refractivity contribution >= 4 is 11.9 Å². The van der Waals surface area contributed by atoms with Gasteiger partial charge in [-0.05, 0) is 26.2 Å². The Labute approximate surface area is 144 Å². The van der Waals surface area contributed by atoms with E-state index >= 15 is 0 Å². The van der Waals surface area contributed by atoms with E-state index in [0.717, 1.165) is 30.8 Å². The first-order valence-electron chi connectivity index (χ1n) is 8.42. The summed E-state index contributed by atoms with van der Waals surface area (Å²) in [4.78, 5) is 24.5. The summed E-state index contributed by atoms with van der Waals surface area (Å²) < 4.78 is 43.2. The highest BCUT2D eigenvalue weighted by Gasteiger charge is 2.44. The van der Waals surface area contributed by atoms with Gasteiger partial charge in [0.2, 0.25) is 5.95 Å². The second-order valence-corrected chi connectivity index (χ2v) is 6.37. The fourth-order valence-electron chi connectivity index (χ4n) is 3.11. The second kappa shape index (κ2) is 7.15. The zero-order valence-corrected chi connectivity index (χ0v) is 14.1. The van der Waals surface area contributed by atoms with E-state index in [4.69, 9.17) is 4.74 Å². The molecule has 9 heteroatoms. The molecule has 2 saturated heterocycles. The number of carbonyl (C=O) groups is 1. The number of halogens is 3. The zero-order valence-electron chi connectivity index (χ0n) is 14.1. The Bertz CT molecular complexity index is 632. The number of ether oxygens (including phenoxy) is 1. The number of aromatic nitrogens is 2. The molecule has 6 nitrogen and oxygen atoms in total. The van der Waals surface area contributed by atoms with Crippen molar-refractivity contribution in [3.63, 3.8) is 0 Å². The van der Waals surface area contributed by atoms with Gasteiger partial charge in [-0.2, -0.15) is 13.2 Å². The van der Waals surface area contributed by atoms with Crippen LogP contribution < -0.4 is 4.90 Å². The van der Waals surface area contributed by atoms with Crippen LogP contribution in [0.4, 0.5) is 19.1 Å². The highest BCUT2D eigenvalue weighted by Crippen LogP contribution is 2.26. The van der Waals surface area contributed by atoms with Crippen molar-refractivity contribution in [2.75, 3.05) is 37.7 Å². The monoisotopic (exact) mass is 358 g/mol. The minimum Gasteiger partial charge on any atom is -0.365 e. The number of piperidine rings is 1. The van der Waals surface area contributed by atoms with Gasteiger partial charge >= 0.3 is 6.18 Å². The highest BCUT2D eigenvalue weighted by molar-refractivity contribution is 5.95. The summed E-state index contributed by atoms with van der Waals surface area (Å²) in [7, 11) is 0. The number of morpholine rings is 1. The Morgan fingerprint density at radius 3 is 2.60 bits per heavy atom. The van der Waals surface area contributed by atoms with Crippen molar-refractivity contribution in [2.24, 2.45) is 0 Å². The van der Waals surface area contributed by atoms with Crippen molar-refractivity contribution in [1.82, 2.24) is 14.9 Å². The number of aryl methyl sites for hydroxylation is 1. The van der Waals surface area contributed by atoms with Crippen molar-refractivity contribution in [2.45, 2.75) is 38.5 Å². The highest BCUT2D eigenvalue weighted by atomic mass is 19.4. The molecule has 0 saturated carbocycles. The number of anilines is 1. The van der Waals surface area contributed by atoms with Gasteiger partial charge in [0.1, 0.15) is 0 Å². The predicted octanol–water partition coefficient (Wildman–Crippen LogP) is 2.18. The molecular weight excluding hydrogens is 337 g/mol. The second-order valence-electron chi connectivity index (χ2n) is 6.37. The maximum absolute atomic E-state index is 12.8.